The van der Waals surface area contributed by atoms with Crippen LogP contribution in [0, 0.1) is 11.7 Å². The number of aliphatic hydroxyl groups excluding tert-OH is 6. The number of nitrogens with one attached hydrogen (secondary N) is 11. The Labute approximate surface area is 719 Å². The molecule has 14 rings (SSSR count). The first kappa shape index (κ1) is 91.7. The zero-order valence-corrected chi connectivity index (χ0v) is 69.0. The smallest absolute Gasteiger partial charge is 0.349 e. The molecule has 18 atom stereocenters. The molecule has 0 radical (unpaired) electrons. The van der Waals surface area contributed by atoms with Crippen LogP contribution >= 0.6 is 34.8 Å². The number of benzene rings is 6. The average Bonchev–Trinajstić information content (AvgIpc) is 0.765. The monoisotopic (exact) mass is 1780 g/mol. The number of halogens is 4. The Bertz CT molecular complexity index is 5350. The first-order valence-electron chi connectivity index (χ1n) is 38.8. The molecule has 0 aliphatic carbocycles. The standard InChI is InChI=1S/C81H90Cl3FN14O25/c1-32(2)19-46(87-5)72(111)96-63-65(106)36-9-13-50(43(83)23-36)120-52-25-38-26-53(69(52)124-79-70(68(109)67(108)54(31-100)122-79)123-58-30-81(4,71(110)33(3)119-58)89-16-18-99-17-15-56(92-80(99)118)91-57(105)21-34-7-11-42(82)45(85)20-34)121-51-14-10-37(24-44(51)84)66(107)64-77(116)95-62(78(117)98-88-6)41-27-39(101)28-49(103)59(41)40-22-35(8-12-48(40)102)60(74(113)97-64)94-75(114)61(38)93-73(112)47(29-55(86)104)90-76(63)115/h7-15,17,20,22-28,32-33,46-47,54,58,60-68,70-71,79,87-89,100-103,106-110H,16,18-19,21,29-31H2,1-6H3,(H2,86,104)(H,90,115)(H,93,112)(H,94,114)(H,95,116)(H,96,111)(H,97,113)(H,98,117)(H,91,92,105,118)/t33-,46+,47-,54+,58-,60+,61+,62+,63+,64-,65+,66+,67+,68-,70+,71+,79?,81+/m0/s1. The van der Waals surface area contributed by atoms with Gasteiger partial charge in [-0.05, 0) is 139 Å². The van der Waals surface area contributed by atoms with Crippen LogP contribution < -0.4 is 84.3 Å². The summed E-state index contributed by atoms with van der Waals surface area (Å²) in [4.78, 5) is 150. The summed E-state index contributed by atoms with van der Waals surface area (Å²) in [5.74, 6) is -16.8. The predicted molar refractivity (Wildman–Crippen MR) is 435 cm³/mol. The number of ether oxygens (including phenoxy) is 6. The van der Waals surface area contributed by atoms with Crippen molar-refractivity contribution in [2.24, 2.45) is 11.7 Å². The number of rotatable bonds is 21. The summed E-state index contributed by atoms with van der Waals surface area (Å²) >= 11 is 20.1. The average molecular weight is 1790 g/mol. The van der Waals surface area contributed by atoms with Gasteiger partial charge < -0.3 is 128 Å². The fourth-order valence-electron chi connectivity index (χ4n) is 15.0. The van der Waals surface area contributed by atoms with Crippen LogP contribution in [-0.2, 0) is 70.3 Å². The summed E-state index contributed by atoms with van der Waals surface area (Å²) in [6.07, 6.45) is -18.5. The molecule has 1 aromatic heterocycles. The third kappa shape index (κ3) is 20.5. The second kappa shape index (κ2) is 38.8. The minimum atomic E-state index is -2.39. The summed E-state index contributed by atoms with van der Waals surface area (Å²) in [6.45, 7) is 5.51. The topological polar surface area (TPSA) is 584 Å². The van der Waals surface area contributed by atoms with E-state index in [9.17, 15) is 74.3 Å². The number of hydrazine groups is 1. The second-order valence-corrected chi connectivity index (χ2v) is 31.9. The number of aromatic hydroxyl groups is 3. The van der Waals surface area contributed by atoms with Gasteiger partial charge in [0.15, 0.2) is 23.9 Å². The first-order valence-corrected chi connectivity index (χ1v) is 39.9. The van der Waals surface area contributed by atoms with Gasteiger partial charge in [-0.2, -0.15) is 4.98 Å². The molecule has 1 unspecified atom stereocenters. The fraction of sp³-hybridized carbons (Fsp3) is 0.395. The van der Waals surface area contributed by atoms with Crippen LogP contribution in [0.5, 0.6) is 46.0 Å². The number of hydrogen-bond donors (Lipinski definition) is 21. The van der Waals surface area contributed by atoms with Crippen LogP contribution in [0.15, 0.2) is 114 Å². The largest absolute Gasteiger partial charge is 0.508 e. The van der Waals surface area contributed by atoms with Gasteiger partial charge in [0.1, 0.15) is 107 Å². The Morgan fingerprint density at radius 1 is 0.718 bits per heavy atom. The Morgan fingerprint density at radius 2 is 1.37 bits per heavy atom. The van der Waals surface area contributed by atoms with E-state index in [1.807, 2.05) is 13.8 Å². The third-order valence-electron chi connectivity index (χ3n) is 21.4. The van der Waals surface area contributed by atoms with Gasteiger partial charge >= 0.3 is 5.69 Å². The fourth-order valence-corrected chi connectivity index (χ4v) is 15.6. The van der Waals surface area contributed by atoms with E-state index >= 15 is 24.0 Å². The van der Waals surface area contributed by atoms with E-state index < -0.39 is 259 Å². The molecular weight excluding hydrogens is 1690 g/mol. The number of fused-ring (bicyclic) bond motifs is 15. The third-order valence-corrected chi connectivity index (χ3v) is 22.3. The highest BCUT2D eigenvalue weighted by Crippen LogP contribution is 2.50. The number of hydrogen-bond acceptors (Lipinski definition) is 29. The van der Waals surface area contributed by atoms with Gasteiger partial charge in [0.25, 0.3) is 5.91 Å². The quantitative estimate of drug-likeness (QED) is 0.0448. The molecule has 7 aliphatic heterocycles. The molecule has 2 fully saturated rings. The number of aliphatic hydroxyl groups is 6. The molecule has 124 heavy (non-hydrogen) atoms. The summed E-state index contributed by atoms with van der Waals surface area (Å²) in [5.41, 5.74) is 6.01. The molecule has 662 valence electrons. The number of aromatic nitrogens is 2. The van der Waals surface area contributed by atoms with E-state index in [1.54, 1.807) is 6.92 Å². The molecule has 7 aromatic rings. The van der Waals surface area contributed by atoms with Crippen molar-refractivity contribution in [3.05, 3.63) is 174 Å². The highest BCUT2D eigenvalue weighted by Gasteiger charge is 2.52. The lowest BCUT2D eigenvalue weighted by atomic mass is 9.85. The summed E-state index contributed by atoms with van der Waals surface area (Å²) in [5, 5.41) is 129. The number of anilines is 1. The lowest BCUT2D eigenvalue weighted by Gasteiger charge is -2.48. The SMILES string of the molecule is CNNC(=O)[C@@H]1NC(=O)[C@H]2NC(=O)[C@H](NC(=O)[C@@H]3NC(=O)[C@H](CC(N)=O)NC(=O)[C@H](NC(=O)[C@@H](CC(C)C)NC)[C@H](O)c4ccc(c(Cl)c4)Oc4cc3cc(c4OC3O[C@H](CO)[C@@H](O)[C@H](O)[C@H]3O[C@H]3C[C@@](C)(NCCn4ccc(NC(=O)Cc5ccc(Cl)c(F)c5)nc4=O)[C@H](O)[C@H](C)O3)Oc3ccc(cc3Cl)[C@H]2O)c2ccc(O)c(c2)-c2c(O)cc(O)cc21. The van der Waals surface area contributed by atoms with Crippen molar-refractivity contribution in [3.8, 4) is 57.1 Å². The number of likely N-dealkylation sites (N-methyl/N-ethyl adjacent to an activating group) is 1. The van der Waals surface area contributed by atoms with Crippen LogP contribution in [-0.4, -0.2) is 215 Å². The van der Waals surface area contributed by atoms with Crippen LogP contribution in [0.25, 0.3) is 11.1 Å². The molecule has 22 N–H and O–H groups in total. The van der Waals surface area contributed by atoms with E-state index in [4.69, 9.17) is 69.0 Å². The van der Waals surface area contributed by atoms with Gasteiger partial charge in [-0.25, -0.2) is 14.6 Å². The van der Waals surface area contributed by atoms with Gasteiger partial charge in [-0.1, -0.05) is 72.9 Å². The van der Waals surface area contributed by atoms with Crippen LogP contribution in [0.1, 0.15) is 111 Å². The predicted octanol–water partition coefficient (Wildman–Crippen LogP) is 1.13. The molecule has 8 heterocycles. The van der Waals surface area contributed by atoms with Gasteiger partial charge in [0, 0.05) is 55.5 Å². The molecule has 9 amide bonds. The molecule has 0 spiro atoms. The number of carbonyl (C=O) groups is 9. The van der Waals surface area contributed by atoms with Crippen molar-refractivity contribution in [1.82, 2.24) is 62.9 Å². The van der Waals surface area contributed by atoms with E-state index in [1.165, 1.54) is 62.1 Å². The molecule has 7 aliphatic rings. The van der Waals surface area contributed by atoms with Gasteiger partial charge in [0.2, 0.25) is 59.3 Å². The van der Waals surface area contributed by atoms with E-state index in [0.29, 0.717) is 5.56 Å². The molecule has 43 heteroatoms. The van der Waals surface area contributed by atoms with E-state index in [0.717, 1.165) is 72.8 Å². The molecule has 0 saturated carbocycles. The molecular formula is C81H90Cl3FN14O25. The first-order chi connectivity index (χ1) is 58.8. The van der Waals surface area contributed by atoms with Gasteiger partial charge in [0.05, 0.1) is 52.8 Å². The minimum Gasteiger partial charge on any atom is -0.508 e. The minimum absolute atomic E-state index is 0.0609. The number of nitrogens with two attached hydrogens (primary N) is 1. The zero-order chi connectivity index (χ0) is 89.8. The number of phenols is 3. The molecule has 2 saturated heterocycles. The number of carbonyl (C=O) groups excluding carboxylic acids is 9. The Morgan fingerprint density at radius 3 is 2.00 bits per heavy atom. The van der Waals surface area contributed by atoms with Crippen molar-refractivity contribution in [3.63, 3.8) is 0 Å². The maximum Gasteiger partial charge on any atom is 0.349 e. The number of phenolic OH excluding ortho intramolecular Hbond substituents is 3. The van der Waals surface area contributed by atoms with Crippen molar-refractivity contribution < 1.29 is 122 Å². The van der Waals surface area contributed by atoms with Crippen LogP contribution in [0.3, 0.4) is 0 Å². The van der Waals surface area contributed by atoms with Crippen molar-refractivity contribution in [2.45, 2.75) is 169 Å². The van der Waals surface area contributed by atoms with Gasteiger partial charge in [-0.3, -0.25) is 53.1 Å². The lowest BCUT2D eigenvalue weighted by Crippen LogP contribution is -2.65. The second-order valence-electron chi connectivity index (χ2n) is 30.7. The Kier molecular flexibility index (Phi) is 28.7. The molecule has 6 aromatic carbocycles. The highest BCUT2D eigenvalue weighted by atomic mass is 35.5. The van der Waals surface area contributed by atoms with Gasteiger partial charge in [-0.15, -0.1) is 0 Å². The highest BCUT2D eigenvalue weighted by molar-refractivity contribution is 6.32. The normalized spacial score (nSPS) is 26.1. The molecule has 39 nitrogen and oxygen atoms in total. The van der Waals surface area contributed by atoms with Crippen LogP contribution in [0.4, 0.5) is 10.2 Å². The van der Waals surface area contributed by atoms with Crippen molar-refractivity contribution >= 4 is 93.8 Å². The number of nitrogens with zero attached hydrogens (tertiary/aromatic N) is 2. The zero-order valence-electron chi connectivity index (χ0n) is 66.8. The van der Waals surface area contributed by atoms with Crippen molar-refractivity contribution in [2.75, 3.05) is 32.6 Å². The Balaban J connectivity index is 0.997. The summed E-state index contributed by atoms with van der Waals surface area (Å²) < 4.78 is 54.7. The van der Waals surface area contributed by atoms with Crippen LogP contribution in [0.2, 0.25) is 15.1 Å². The maximum atomic E-state index is 16.3. The maximum absolute atomic E-state index is 16.3. The molecule has 11 bridgehead atoms. The number of primary amides is 1. The lowest BCUT2D eigenvalue weighted by molar-refractivity contribution is -0.334. The number of amides is 9. The van der Waals surface area contributed by atoms with Crippen molar-refractivity contribution in [1.29, 1.82) is 0 Å². The van der Waals surface area contributed by atoms with E-state index in [-0.39, 0.29) is 71.6 Å². The van der Waals surface area contributed by atoms with E-state index in [2.05, 4.69) is 63.7 Å². The summed E-state index contributed by atoms with van der Waals surface area (Å²) in [6, 6.07) is 4.87. The Hall–Kier alpha value is -11.5. The summed E-state index contributed by atoms with van der Waals surface area (Å²) in [7, 11) is 2.75.